The van der Waals surface area contributed by atoms with Gasteiger partial charge in [0.15, 0.2) is 5.84 Å². The monoisotopic (exact) mass is 370 g/mol. The van der Waals surface area contributed by atoms with Gasteiger partial charge < -0.3 is 15.7 Å². The Balaban J connectivity index is 2.46. The minimum atomic E-state index is -0.432. The Morgan fingerprint density at radius 2 is 2.14 bits per heavy atom. The molecule has 0 bridgehead atoms. The zero-order valence-corrected chi connectivity index (χ0v) is 13.4. The van der Waals surface area contributed by atoms with Crippen LogP contribution >= 0.6 is 27.7 Å². The molecule has 0 aliphatic carbocycles. The van der Waals surface area contributed by atoms with Crippen molar-refractivity contribution in [3.63, 3.8) is 0 Å². The van der Waals surface area contributed by atoms with Crippen molar-refractivity contribution >= 4 is 33.5 Å². The number of hydrogen-bond donors (Lipinski definition) is 2. The van der Waals surface area contributed by atoms with Crippen molar-refractivity contribution in [3.05, 3.63) is 52.3 Å². The fraction of sp³-hybridized carbons (Fsp3) is 0.0714. The number of thioether (sulfide) groups is 1. The van der Waals surface area contributed by atoms with Crippen LogP contribution in [0.5, 0.6) is 11.5 Å². The highest BCUT2D eigenvalue weighted by Crippen LogP contribution is 2.33. The average Bonchev–Trinajstić information content (AvgIpc) is 2.50. The van der Waals surface area contributed by atoms with Crippen LogP contribution in [0.2, 0.25) is 0 Å². The molecule has 0 atom stereocenters. The Bertz CT molecular complexity index is 695. The second-order valence-electron chi connectivity index (χ2n) is 4.00. The molecule has 0 saturated carbocycles. The molecule has 2 aromatic rings. The summed E-state index contributed by atoms with van der Waals surface area (Å²) in [7, 11) is 0. The van der Waals surface area contributed by atoms with Gasteiger partial charge in [0.2, 0.25) is 0 Å². The smallest absolute Gasteiger partial charge is 0.175 e. The fourth-order valence-corrected chi connectivity index (χ4v) is 2.61. The number of rotatable bonds is 4. The zero-order chi connectivity index (χ0) is 15.4. The second-order valence-corrected chi connectivity index (χ2v) is 5.70. The van der Waals surface area contributed by atoms with E-state index in [2.05, 4.69) is 21.1 Å². The third-order valence-electron chi connectivity index (χ3n) is 2.69. The summed E-state index contributed by atoms with van der Waals surface area (Å²) >= 11 is 4.52. The van der Waals surface area contributed by atoms with Crippen LogP contribution in [0.4, 0.5) is 4.39 Å². The highest BCUT2D eigenvalue weighted by Gasteiger charge is 2.15. The van der Waals surface area contributed by atoms with E-state index in [-0.39, 0.29) is 5.84 Å². The number of ether oxygens (including phenoxy) is 1. The molecule has 0 saturated heterocycles. The summed E-state index contributed by atoms with van der Waals surface area (Å²) in [5.41, 5.74) is 6.17. The van der Waals surface area contributed by atoms with Gasteiger partial charge in [-0.1, -0.05) is 11.2 Å². The van der Waals surface area contributed by atoms with Gasteiger partial charge in [-0.15, -0.1) is 11.8 Å². The largest absolute Gasteiger partial charge is 0.456 e. The number of amidine groups is 1. The van der Waals surface area contributed by atoms with Crippen molar-refractivity contribution < 1.29 is 14.3 Å². The number of halogens is 2. The lowest BCUT2D eigenvalue weighted by Gasteiger charge is -2.13. The van der Waals surface area contributed by atoms with Crippen LogP contribution in [0.3, 0.4) is 0 Å². The van der Waals surface area contributed by atoms with Gasteiger partial charge in [0.1, 0.15) is 17.3 Å². The normalized spacial score (nSPS) is 11.5. The highest BCUT2D eigenvalue weighted by molar-refractivity contribution is 9.10. The molecule has 0 heterocycles. The molecule has 110 valence electrons. The van der Waals surface area contributed by atoms with Crippen LogP contribution in [0, 0.1) is 5.82 Å². The van der Waals surface area contributed by atoms with Gasteiger partial charge in [0.25, 0.3) is 0 Å². The Kier molecular flexibility index (Phi) is 5.08. The number of oxime groups is 1. The van der Waals surface area contributed by atoms with E-state index < -0.39 is 5.82 Å². The molecule has 0 radical (unpaired) electrons. The maximum Gasteiger partial charge on any atom is 0.175 e. The molecule has 2 aromatic carbocycles. The van der Waals surface area contributed by atoms with Crippen molar-refractivity contribution in [2.75, 3.05) is 6.26 Å². The first-order valence-corrected chi connectivity index (χ1v) is 7.86. The molecule has 2 rings (SSSR count). The van der Waals surface area contributed by atoms with Crippen LogP contribution in [0.15, 0.2) is 50.9 Å². The fourth-order valence-electron chi connectivity index (χ4n) is 1.74. The summed E-state index contributed by atoms with van der Waals surface area (Å²) in [5.74, 6) is 0.214. The van der Waals surface area contributed by atoms with Gasteiger partial charge in [-0.3, -0.25) is 0 Å². The molecule has 4 nitrogen and oxygen atoms in total. The van der Waals surface area contributed by atoms with E-state index in [0.29, 0.717) is 21.5 Å². The van der Waals surface area contributed by atoms with E-state index in [1.807, 2.05) is 12.3 Å². The van der Waals surface area contributed by atoms with E-state index in [0.717, 1.165) is 4.90 Å². The van der Waals surface area contributed by atoms with Crippen molar-refractivity contribution in [1.29, 1.82) is 0 Å². The van der Waals surface area contributed by atoms with E-state index in [1.165, 1.54) is 17.8 Å². The van der Waals surface area contributed by atoms with Crippen molar-refractivity contribution in [2.24, 2.45) is 10.9 Å². The Morgan fingerprint density at radius 1 is 1.38 bits per heavy atom. The Labute approximate surface area is 133 Å². The molecular weight excluding hydrogens is 359 g/mol. The van der Waals surface area contributed by atoms with Gasteiger partial charge in [-0.25, -0.2) is 4.39 Å². The van der Waals surface area contributed by atoms with Crippen molar-refractivity contribution in [1.82, 2.24) is 0 Å². The van der Waals surface area contributed by atoms with E-state index in [9.17, 15) is 4.39 Å². The lowest BCUT2D eigenvalue weighted by atomic mass is 10.2. The summed E-state index contributed by atoms with van der Waals surface area (Å²) < 4.78 is 19.5. The minimum Gasteiger partial charge on any atom is -0.456 e. The SMILES string of the molecule is CSc1cccc(Oc2ccc(Br)c(F)c2)c1/C(N)=N/O. The first kappa shape index (κ1) is 15.7. The van der Waals surface area contributed by atoms with Crippen LogP contribution in [-0.2, 0) is 0 Å². The van der Waals surface area contributed by atoms with Gasteiger partial charge in [0, 0.05) is 11.0 Å². The number of hydrogen-bond acceptors (Lipinski definition) is 4. The first-order valence-electron chi connectivity index (χ1n) is 5.84. The number of nitrogens with zero attached hydrogens (tertiary/aromatic N) is 1. The summed E-state index contributed by atoms with van der Waals surface area (Å²) in [4.78, 5) is 0.792. The summed E-state index contributed by atoms with van der Waals surface area (Å²) in [6.45, 7) is 0. The lowest BCUT2D eigenvalue weighted by molar-refractivity contribution is 0.318. The Morgan fingerprint density at radius 3 is 2.76 bits per heavy atom. The maximum absolute atomic E-state index is 13.5. The number of nitrogens with two attached hydrogens (primary N) is 1. The molecular formula is C14H12BrFN2O2S. The van der Waals surface area contributed by atoms with Crippen LogP contribution in [0.25, 0.3) is 0 Å². The molecule has 0 aliphatic rings. The van der Waals surface area contributed by atoms with Crippen LogP contribution in [0.1, 0.15) is 5.56 Å². The number of benzene rings is 2. The molecule has 7 heteroatoms. The van der Waals surface area contributed by atoms with E-state index >= 15 is 0 Å². The average molecular weight is 371 g/mol. The summed E-state index contributed by atoms with van der Waals surface area (Å²) in [5, 5.41) is 11.9. The molecule has 0 aliphatic heterocycles. The van der Waals surface area contributed by atoms with Crippen LogP contribution in [-0.4, -0.2) is 17.3 Å². The first-order chi connectivity index (χ1) is 10.1. The quantitative estimate of drug-likeness (QED) is 0.278. The van der Waals surface area contributed by atoms with Gasteiger partial charge in [0.05, 0.1) is 10.0 Å². The van der Waals surface area contributed by atoms with Crippen molar-refractivity contribution in [2.45, 2.75) is 4.90 Å². The van der Waals surface area contributed by atoms with E-state index in [1.54, 1.807) is 24.3 Å². The molecule has 21 heavy (non-hydrogen) atoms. The molecule has 0 spiro atoms. The predicted molar refractivity (Wildman–Crippen MR) is 84.9 cm³/mol. The molecule has 0 amide bonds. The lowest BCUT2D eigenvalue weighted by Crippen LogP contribution is -2.15. The predicted octanol–water partition coefficient (Wildman–Crippen LogP) is 4.20. The van der Waals surface area contributed by atoms with Crippen LogP contribution < -0.4 is 10.5 Å². The molecule has 0 unspecified atom stereocenters. The van der Waals surface area contributed by atoms with Gasteiger partial charge >= 0.3 is 0 Å². The summed E-state index contributed by atoms with van der Waals surface area (Å²) in [6, 6.07) is 9.71. The standard InChI is InChI=1S/C14H12BrFN2O2S/c1-21-12-4-2-3-11(13(12)14(17)18-19)20-8-5-6-9(15)10(16)7-8/h2-7,19H,1H3,(H2,17,18). The van der Waals surface area contributed by atoms with Crippen molar-refractivity contribution in [3.8, 4) is 11.5 Å². The molecule has 0 fully saturated rings. The third-order valence-corrected chi connectivity index (χ3v) is 4.11. The van der Waals surface area contributed by atoms with Gasteiger partial charge in [-0.05, 0) is 46.5 Å². The summed E-state index contributed by atoms with van der Waals surface area (Å²) in [6.07, 6.45) is 1.87. The third kappa shape index (κ3) is 3.48. The second kappa shape index (κ2) is 6.82. The zero-order valence-electron chi connectivity index (χ0n) is 11.0. The minimum absolute atomic E-state index is 0.0625. The maximum atomic E-state index is 13.5. The molecule has 0 aromatic heterocycles. The Hall–Kier alpha value is -1.73. The molecule has 3 N–H and O–H groups in total. The van der Waals surface area contributed by atoms with Gasteiger partial charge in [-0.2, -0.15) is 0 Å². The topological polar surface area (TPSA) is 67.8 Å². The highest BCUT2D eigenvalue weighted by atomic mass is 79.9. The van der Waals surface area contributed by atoms with E-state index in [4.69, 9.17) is 15.7 Å².